The molecule has 1 aromatic rings. The number of halogens is 3. The number of likely N-dealkylation sites (tertiary alicyclic amines) is 1. The van der Waals surface area contributed by atoms with E-state index in [4.69, 9.17) is 0 Å². The number of hydrogen-bond acceptors (Lipinski definition) is 3. The third kappa shape index (κ3) is 2.80. The molecule has 0 saturated carbocycles. The molecule has 0 radical (unpaired) electrons. The average Bonchev–Trinajstić information content (AvgIpc) is 2.98. The molecule has 120 valence electrons. The molecule has 1 atom stereocenters. The second-order valence-corrected chi connectivity index (χ2v) is 6.01. The van der Waals surface area contributed by atoms with Gasteiger partial charge in [0.1, 0.15) is 5.82 Å². The number of aromatic nitrogens is 2. The van der Waals surface area contributed by atoms with Gasteiger partial charge < -0.3 is 4.90 Å². The maximum Gasteiger partial charge on any atom is 0.433 e. The fourth-order valence-corrected chi connectivity index (χ4v) is 3.38. The van der Waals surface area contributed by atoms with Crippen molar-refractivity contribution < 1.29 is 18.0 Å². The molecule has 3 rings (SSSR count). The highest BCUT2D eigenvalue weighted by Gasteiger charge is 2.40. The van der Waals surface area contributed by atoms with Gasteiger partial charge >= 0.3 is 6.18 Å². The maximum absolute atomic E-state index is 13.2. The Morgan fingerprint density at radius 2 is 1.91 bits per heavy atom. The fraction of sp³-hybridized carbons (Fsp3) is 0.667. The van der Waals surface area contributed by atoms with Gasteiger partial charge in [0.2, 0.25) is 5.91 Å². The summed E-state index contributed by atoms with van der Waals surface area (Å²) in [7, 11) is 0. The molecule has 0 unspecified atom stereocenters. The molecule has 1 aliphatic carbocycles. The molecule has 1 amide bonds. The largest absolute Gasteiger partial charge is 0.433 e. The molecular weight excluding hydrogens is 295 g/mol. The van der Waals surface area contributed by atoms with Crippen LogP contribution in [0.15, 0.2) is 0 Å². The van der Waals surface area contributed by atoms with Gasteiger partial charge in [-0.15, -0.1) is 0 Å². The number of carbonyl (C=O) groups excluding carboxylic acids is 1. The number of hydrogen-bond donors (Lipinski definition) is 0. The number of alkyl halides is 3. The number of fused-ring (bicyclic) bond motifs is 1. The van der Waals surface area contributed by atoms with E-state index in [1.807, 2.05) is 0 Å². The minimum Gasteiger partial charge on any atom is -0.342 e. The zero-order chi connectivity index (χ0) is 15.9. The highest BCUT2D eigenvalue weighted by Crippen LogP contribution is 2.36. The smallest absolute Gasteiger partial charge is 0.342 e. The second-order valence-electron chi connectivity index (χ2n) is 6.01. The van der Waals surface area contributed by atoms with Crippen LogP contribution in [0.2, 0.25) is 0 Å². The first-order valence-electron chi connectivity index (χ1n) is 7.58. The lowest BCUT2D eigenvalue weighted by Crippen LogP contribution is -2.37. The van der Waals surface area contributed by atoms with E-state index < -0.39 is 11.9 Å². The third-order valence-corrected chi connectivity index (χ3v) is 4.42. The van der Waals surface area contributed by atoms with E-state index in [2.05, 4.69) is 9.97 Å². The predicted octanol–water partition coefficient (Wildman–Crippen LogP) is 2.53. The number of carbonyl (C=O) groups is 1. The van der Waals surface area contributed by atoms with E-state index in [1.165, 1.54) is 6.92 Å². The highest BCUT2D eigenvalue weighted by molar-refractivity contribution is 5.79. The number of nitrogens with zero attached hydrogens (tertiary/aromatic N) is 3. The summed E-state index contributed by atoms with van der Waals surface area (Å²) >= 11 is 0. The van der Waals surface area contributed by atoms with Gasteiger partial charge in [0, 0.05) is 30.3 Å². The average molecular weight is 313 g/mol. The topological polar surface area (TPSA) is 46.1 Å². The second kappa shape index (κ2) is 5.52. The Kier molecular flexibility index (Phi) is 3.82. The van der Waals surface area contributed by atoms with E-state index in [9.17, 15) is 18.0 Å². The summed E-state index contributed by atoms with van der Waals surface area (Å²) in [5.74, 6) is -0.259. The van der Waals surface area contributed by atoms with Gasteiger partial charge in [-0.05, 0) is 39.0 Å². The zero-order valence-electron chi connectivity index (χ0n) is 12.4. The lowest BCUT2D eigenvalue weighted by Gasteiger charge is -2.28. The highest BCUT2D eigenvalue weighted by atomic mass is 19.4. The van der Waals surface area contributed by atoms with Crippen LogP contribution >= 0.6 is 0 Å². The van der Waals surface area contributed by atoms with E-state index in [1.54, 1.807) is 4.90 Å². The van der Waals surface area contributed by atoms with Crippen LogP contribution in [0, 0.1) is 12.8 Å². The van der Waals surface area contributed by atoms with Crippen molar-refractivity contribution in [2.45, 2.75) is 45.2 Å². The molecule has 0 bridgehead atoms. The van der Waals surface area contributed by atoms with Crippen LogP contribution in [-0.2, 0) is 23.8 Å². The first kappa shape index (κ1) is 15.2. The summed E-state index contributed by atoms with van der Waals surface area (Å²) in [6, 6.07) is 0. The van der Waals surface area contributed by atoms with Crippen molar-refractivity contribution in [3.8, 4) is 0 Å². The molecule has 7 heteroatoms. The van der Waals surface area contributed by atoms with Crippen LogP contribution in [0.25, 0.3) is 0 Å². The van der Waals surface area contributed by atoms with Crippen LogP contribution in [0.1, 0.15) is 42.0 Å². The molecule has 1 aliphatic heterocycles. The van der Waals surface area contributed by atoms with Gasteiger partial charge in [0.05, 0.1) is 0 Å². The Balaban J connectivity index is 1.89. The van der Waals surface area contributed by atoms with Gasteiger partial charge in [-0.3, -0.25) is 4.79 Å². The number of amides is 1. The van der Waals surface area contributed by atoms with Crippen molar-refractivity contribution in [2.75, 3.05) is 13.1 Å². The van der Waals surface area contributed by atoms with Crippen molar-refractivity contribution >= 4 is 5.91 Å². The molecule has 0 N–H and O–H groups in total. The lowest BCUT2D eigenvalue weighted by molar-refractivity contribution is -0.143. The zero-order valence-corrected chi connectivity index (χ0v) is 12.4. The van der Waals surface area contributed by atoms with Crippen molar-refractivity contribution in [3.05, 3.63) is 22.8 Å². The van der Waals surface area contributed by atoms with Crippen LogP contribution in [0.4, 0.5) is 13.2 Å². The van der Waals surface area contributed by atoms with Gasteiger partial charge in [-0.1, -0.05) is 0 Å². The monoisotopic (exact) mass is 313 g/mol. The Morgan fingerprint density at radius 1 is 1.23 bits per heavy atom. The fourth-order valence-electron chi connectivity index (χ4n) is 3.38. The standard InChI is InChI=1S/C15H18F3N3O/c1-9-19-12-5-4-10(14(22)21-6-2-3-7-21)8-11(12)13(20-9)15(16,17)18/h10H,2-8H2,1H3/t10-/m1/s1. The molecule has 2 heterocycles. The van der Waals surface area contributed by atoms with Crippen LogP contribution in [0.5, 0.6) is 0 Å². The van der Waals surface area contributed by atoms with Crippen molar-refractivity contribution in [1.82, 2.24) is 14.9 Å². The van der Waals surface area contributed by atoms with Gasteiger partial charge in [0.15, 0.2) is 5.69 Å². The lowest BCUT2D eigenvalue weighted by atomic mass is 9.84. The quantitative estimate of drug-likeness (QED) is 0.800. The summed E-state index contributed by atoms with van der Waals surface area (Å²) in [4.78, 5) is 21.9. The molecule has 1 saturated heterocycles. The van der Waals surface area contributed by atoms with Crippen molar-refractivity contribution in [3.63, 3.8) is 0 Å². The maximum atomic E-state index is 13.2. The van der Waals surface area contributed by atoms with E-state index in [0.29, 0.717) is 18.5 Å². The van der Waals surface area contributed by atoms with Gasteiger partial charge in [-0.25, -0.2) is 9.97 Å². The molecular formula is C15H18F3N3O. The minimum absolute atomic E-state index is 0.0168. The normalized spacial score (nSPS) is 21.8. The SMILES string of the molecule is Cc1nc2c(c(C(F)(F)F)n1)C[C@H](C(=O)N1CCCC1)CC2. The number of rotatable bonds is 1. The van der Waals surface area contributed by atoms with Crippen molar-refractivity contribution in [2.24, 2.45) is 5.92 Å². The summed E-state index contributed by atoms with van der Waals surface area (Å²) < 4.78 is 39.6. The molecule has 22 heavy (non-hydrogen) atoms. The van der Waals surface area contributed by atoms with E-state index in [-0.39, 0.29) is 29.6 Å². The molecule has 4 nitrogen and oxygen atoms in total. The molecule has 0 aromatic carbocycles. The van der Waals surface area contributed by atoms with Crippen LogP contribution in [-0.4, -0.2) is 33.9 Å². The first-order valence-corrected chi connectivity index (χ1v) is 7.58. The van der Waals surface area contributed by atoms with Gasteiger partial charge in [0.25, 0.3) is 0 Å². The Bertz CT molecular complexity index is 594. The molecule has 1 aromatic heterocycles. The summed E-state index contributed by atoms with van der Waals surface area (Å²) in [6.45, 7) is 2.91. The predicted molar refractivity (Wildman–Crippen MR) is 73.1 cm³/mol. The van der Waals surface area contributed by atoms with Crippen LogP contribution in [0.3, 0.4) is 0 Å². The minimum atomic E-state index is -4.50. The van der Waals surface area contributed by atoms with E-state index >= 15 is 0 Å². The van der Waals surface area contributed by atoms with Crippen LogP contribution < -0.4 is 0 Å². The van der Waals surface area contributed by atoms with Crippen molar-refractivity contribution in [1.29, 1.82) is 0 Å². The number of aryl methyl sites for hydroxylation is 2. The Hall–Kier alpha value is -1.66. The summed E-state index contributed by atoms with van der Waals surface area (Å²) in [6.07, 6.45) is -1.48. The molecule has 1 fully saturated rings. The van der Waals surface area contributed by atoms with Gasteiger partial charge in [-0.2, -0.15) is 13.2 Å². The molecule has 0 spiro atoms. The summed E-state index contributed by atoms with van der Waals surface area (Å²) in [5.41, 5.74) is -0.305. The third-order valence-electron chi connectivity index (χ3n) is 4.42. The summed E-state index contributed by atoms with van der Waals surface area (Å²) in [5, 5.41) is 0. The Morgan fingerprint density at radius 3 is 2.55 bits per heavy atom. The molecule has 2 aliphatic rings. The Labute approximate surface area is 126 Å². The van der Waals surface area contributed by atoms with E-state index in [0.717, 1.165) is 25.9 Å². The first-order chi connectivity index (χ1) is 10.4.